The number of hydrogen-bond acceptors (Lipinski definition) is 3. The molecule has 5 heteroatoms. The molecule has 1 aromatic heterocycles. The van der Waals surface area contributed by atoms with E-state index in [1.807, 2.05) is 0 Å². The quantitative estimate of drug-likeness (QED) is 0.734. The van der Waals surface area contributed by atoms with E-state index in [1.165, 1.54) is 25.1 Å². The molecule has 1 aliphatic rings. The number of carbonyl (C=O) groups is 1. The second-order valence-electron chi connectivity index (χ2n) is 4.86. The van der Waals surface area contributed by atoms with E-state index in [0.29, 0.717) is 18.0 Å². The van der Waals surface area contributed by atoms with Crippen LogP contribution in [0.5, 0.6) is 0 Å². The predicted octanol–water partition coefficient (Wildman–Crippen LogP) is 0.622. The molecule has 1 amide bonds. The Morgan fingerprint density at radius 2 is 2.22 bits per heavy atom. The van der Waals surface area contributed by atoms with Crippen LogP contribution in [-0.4, -0.2) is 23.5 Å². The number of carbonyl (C=O) groups excluding carboxylic acids is 1. The zero-order valence-corrected chi connectivity index (χ0v) is 10.3. The minimum absolute atomic E-state index is 0.179. The van der Waals surface area contributed by atoms with Crippen LogP contribution in [0.25, 0.3) is 0 Å². The summed E-state index contributed by atoms with van der Waals surface area (Å²) in [5.41, 5.74) is 6.15. The lowest BCUT2D eigenvalue weighted by atomic mass is 9.85. The fourth-order valence-electron chi connectivity index (χ4n) is 2.40. The molecule has 0 spiro atoms. The fraction of sp³-hybridized carbons (Fsp3) is 0.538. The van der Waals surface area contributed by atoms with Crippen molar-refractivity contribution in [3.05, 3.63) is 34.2 Å². The summed E-state index contributed by atoms with van der Waals surface area (Å²) in [7, 11) is 0. The van der Waals surface area contributed by atoms with E-state index in [4.69, 9.17) is 5.73 Å². The Bertz CT molecular complexity index is 469. The van der Waals surface area contributed by atoms with E-state index >= 15 is 0 Å². The van der Waals surface area contributed by atoms with Gasteiger partial charge in [-0.15, -0.1) is 0 Å². The smallest absolute Gasteiger partial charge is 0.251 e. The van der Waals surface area contributed by atoms with Crippen LogP contribution in [0.3, 0.4) is 0 Å². The van der Waals surface area contributed by atoms with Crippen molar-refractivity contribution in [1.82, 2.24) is 10.3 Å². The highest BCUT2D eigenvalue weighted by atomic mass is 16.2. The first-order chi connectivity index (χ1) is 8.66. The fourth-order valence-corrected chi connectivity index (χ4v) is 2.40. The number of pyridine rings is 1. The number of aromatic nitrogens is 1. The summed E-state index contributed by atoms with van der Waals surface area (Å²) >= 11 is 0. The van der Waals surface area contributed by atoms with E-state index in [0.717, 1.165) is 12.8 Å². The highest BCUT2D eigenvalue weighted by Gasteiger charge is 2.22. The average molecular weight is 249 g/mol. The molecule has 4 N–H and O–H groups in total. The third kappa shape index (κ3) is 3.20. The van der Waals surface area contributed by atoms with Crippen molar-refractivity contribution in [3.8, 4) is 0 Å². The molecule has 2 atom stereocenters. The SMILES string of the molecule is NC1CCCCC1CNC(=O)c1cc[nH]c(=O)c1. The molecule has 0 bridgehead atoms. The summed E-state index contributed by atoms with van der Waals surface area (Å²) in [5, 5.41) is 2.85. The van der Waals surface area contributed by atoms with Crippen LogP contribution in [0, 0.1) is 5.92 Å². The van der Waals surface area contributed by atoms with Crippen molar-refractivity contribution >= 4 is 5.91 Å². The molecule has 0 aromatic carbocycles. The van der Waals surface area contributed by atoms with E-state index in [1.54, 1.807) is 6.07 Å². The third-order valence-corrected chi connectivity index (χ3v) is 3.53. The lowest BCUT2D eigenvalue weighted by Gasteiger charge is -2.28. The summed E-state index contributed by atoms with van der Waals surface area (Å²) in [6, 6.07) is 3.08. The zero-order chi connectivity index (χ0) is 13.0. The zero-order valence-electron chi connectivity index (χ0n) is 10.3. The Morgan fingerprint density at radius 3 is 2.94 bits per heavy atom. The summed E-state index contributed by atoms with van der Waals surface area (Å²) in [4.78, 5) is 25.4. The van der Waals surface area contributed by atoms with Crippen LogP contribution in [0.4, 0.5) is 0 Å². The molecule has 2 unspecified atom stereocenters. The number of H-pyrrole nitrogens is 1. The Kier molecular flexibility index (Phi) is 4.15. The molecule has 1 fully saturated rings. The van der Waals surface area contributed by atoms with Gasteiger partial charge in [-0.05, 0) is 24.8 Å². The molecule has 0 saturated heterocycles. The molecule has 0 radical (unpaired) electrons. The predicted molar refractivity (Wildman–Crippen MR) is 69.3 cm³/mol. The summed E-state index contributed by atoms with van der Waals surface area (Å²) in [6.45, 7) is 0.590. The molecular formula is C13H19N3O2. The van der Waals surface area contributed by atoms with Gasteiger partial charge in [-0.1, -0.05) is 12.8 Å². The first-order valence-corrected chi connectivity index (χ1v) is 6.39. The molecule has 1 aliphatic carbocycles. The Hall–Kier alpha value is -1.62. The summed E-state index contributed by atoms with van der Waals surface area (Å²) in [5.74, 6) is 0.142. The lowest BCUT2D eigenvalue weighted by Crippen LogP contribution is -2.41. The molecule has 5 nitrogen and oxygen atoms in total. The maximum Gasteiger partial charge on any atom is 0.251 e. The number of nitrogens with two attached hydrogens (primary N) is 1. The molecule has 1 saturated carbocycles. The normalized spacial score (nSPS) is 23.6. The topological polar surface area (TPSA) is 88.0 Å². The molecule has 18 heavy (non-hydrogen) atoms. The largest absolute Gasteiger partial charge is 0.352 e. The van der Waals surface area contributed by atoms with Crippen LogP contribution in [0.15, 0.2) is 23.1 Å². The number of rotatable bonds is 3. The first kappa shape index (κ1) is 12.8. The maximum atomic E-state index is 11.8. The first-order valence-electron chi connectivity index (χ1n) is 6.39. The van der Waals surface area contributed by atoms with Crippen molar-refractivity contribution in [2.24, 2.45) is 11.7 Å². The van der Waals surface area contributed by atoms with Crippen molar-refractivity contribution < 1.29 is 4.79 Å². The van der Waals surface area contributed by atoms with Crippen molar-refractivity contribution in [2.75, 3.05) is 6.54 Å². The van der Waals surface area contributed by atoms with E-state index < -0.39 is 0 Å². The second-order valence-corrected chi connectivity index (χ2v) is 4.86. The van der Waals surface area contributed by atoms with E-state index in [-0.39, 0.29) is 17.5 Å². The van der Waals surface area contributed by atoms with Gasteiger partial charge in [0.25, 0.3) is 5.91 Å². The lowest BCUT2D eigenvalue weighted by molar-refractivity contribution is 0.0941. The number of amides is 1. The minimum atomic E-state index is -0.267. The molecule has 1 heterocycles. The maximum absolute atomic E-state index is 11.8. The highest BCUT2D eigenvalue weighted by molar-refractivity contribution is 5.93. The standard InChI is InChI=1S/C13H19N3O2/c14-11-4-2-1-3-10(11)8-16-13(18)9-5-6-15-12(17)7-9/h5-7,10-11H,1-4,8,14H2,(H,15,17)(H,16,18). The highest BCUT2D eigenvalue weighted by Crippen LogP contribution is 2.22. The van der Waals surface area contributed by atoms with Gasteiger partial charge < -0.3 is 16.0 Å². The summed E-state index contributed by atoms with van der Waals surface area (Å²) < 4.78 is 0. The molecule has 98 valence electrons. The van der Waals surface area contributed by atoms with Gasteiger partial charge in [0.05, 0.1) is 0 Å². The average Bonchev–Trinajstić information content (AvgIpc) is 2.37. The Labute approximate surface area is 106 Å². The van der Waals surface area contributed by atoms with Crippen LogP contribution < -0.4 is 16.6 Å². The number of nitrogens with one attached hydrogen (secondary N) is 2. The van der Waals surface area contributed by atoms with Crippen LogP contribution in [-0.2, 0) is 0 Å². The van der Waals surface area contributed by atoms with Gasteiger partial charge in [0.15, 0.2) is 0 Å². The third-order valence-electron chi connectivity index (χ3n) is 3.53. The van der Waals surface area contributed by atoms with Crippen LogP contribution >= 0.6 is 0 Å². The Balaban J connectivity index is 1.90. The van der Waals surface area contributed by atoms with Gasteiger partial charge in [-0.25, -0.2) is 0 Å². The van der Waals surface area contributed by atoms with Crippen molar-refractivity contribution in [3.63, 3.8) is 0 Å². The van der Waals surface area contributed by atoms with Crippen LogP contribution in [0.2, 0.25) is 0 Å². The van der Waals surface area contributed by atoms with Gasteiger partial charge in [0, 0.05) is 30.4 Å². The second kappa shape index (κ2) is 5.82. The van der Waals surface area contributed by atoms with Gasteiger partial charge in [-0.3, -0.25) is 9.59 Å². The Morgan fingerprint density at radius 1 is 1.44 bits per heavy atom. The molecular weight excluding hydrogens is 230 g/mol. The van der Waals surface area contributed by atoms with Crippen molar-refractivity contribution in [1.29, 1.82) is 0 Å². The minimum Gasteiger partial charge on any atom is -0.352 e. The number of hydrogen-bond donors (Lipinski definition) is 3. The number of aromatic amines is 1. The van der Waals surface area contributed by atoms with Crippen molar-refractivity contribution in [2.45, 2.75) is 31.7 Å². The molecule has 0 aliphatic heterocycles. The van der Waals surface area contributed by atoms with Gasteiger partial charge in [0.2, 0.25) is 5.56 Å². The monoisotopic (exact) mass is 249 g/mol. The van der Waals surface area contributed by atoms with E-state index in [2.05, 4.69) is 10.3 Å². The van der Waals surface area contributed by atoms with Gasteiger partial charge >= 0.3 is 0 Å². The van der Waals surface area contributed by atoms with E-state index in [9.17, 15) is 9.59 Å². The van der Waals surface area contributed by atoms with Crippen LogP contribution in [0.1, 0.15) is 36.0 Å². The van der Waals surface area contributed by atoms with Gasteiger partial charge in [-0.2, -0.15) is 0 Å². The molecule has 1 aromatic rings. The molecule has 2 rings (SSSR count). The summed E-state index contributed by atoms with van der Waals surface area (Å²) in [6.07, 6.45) is 5.94. The van der Waals surface area contributed by atoms with Gasteiger partial charge in [0.1, 0.15) is 0 Å².